The van der Waals surface area contributed by atoms with E-state index in [1.807, 2.05) is 24.3 Å². The molecule has 0 aliphatic rings. The number of quaternary nitrogens is 1. The summed E-state index contributed by atoms with van der Waals surface area (Å²) in [6.07, 6.45) is 0. The predicted octanol–water partition coefficient (Wildman–Crippen LogP) is -0.201. The first-order chi connectivity index (χ1) is 9.66. The second kappa shape index (κ2) is 6.88. The highest BCUT2D eigenvalue weighted by Gasteiger charge is 2.15. The Kier molecular flexibility index (Phi) is 4.91. The number of aromatic nitrogens is 2. The van der Waals surface area contributed by atoms with Crippen LogP contribution in [0.4, 0.5) is 5.82 Å². The Hall–Kier alpha value is -2.12. The Morgan fingerprint density at radius 1 is 1.35 bits per heavy atom. The third kappa shape index (κ3) is 3.94. The fraction of sp³-hybridized carbons (Fsp3) is 0.250. The van der Waals surface area contributed by atoms with Gasteiger partial charge in [0.15, 0.2) is 0 Å². The monoisotopic (exact) mass is 296 g/mol. The summed E-state index contributed by atoms with van der Waals surface area (Å²) in [5.41, 5.74) is 6.60. The number of nitrogens with one attached hydrogen (secondary N) is 1. The molecular formula is C12H15ClN5O2+. The maximum Gasteiger partial charge on any atom is 0.277 e. The number of anilines is 1. The van der Waals surface area contributed by atoms with Gasteiger partial charge in [-0.1, -0.05) is 23.7 Å². The molecule has 0 fully saturated rings. The highest BCUT2D eigenvalue weighted by molar-refractivity contribution is 6.30. The van der Waals surface area contributed by atoms with Gasteiger partial charge in [-0.25, -0.2) is 4.63 Å². The molecule has 0 spiro atoms. The number of hydrogen-bond donors (Lipinski definition) is 3. The number of halogens is 1. The summed E-state index contributed by atoms with van der Waals surface area (Å²) in [6.45, 7) is 2.05. The maximum atomic E-state index is 11.6. The van der Waals surface area contributed by atoms with E-state index in [9.17, 15) is 4.79 Å². The van der Waals surface area contributed by atoms with Gasteiger partial charge in [-0.15, -0.1) is 0 Å². The van der Waals surface area contributed by atoms with Gasteiger partial charge in [0.25, 0.3) is 5.91 Å². The normalized spacial score (nSPS) is 10.4. The average Bonchev–Trinajstić information content (AvgIpc) is 2.86. The van der Waals surface area contributed by atoms with Gasteiger partial charge in [-0.05, 0) is 22.4 Å². The van der Waals surface area contributed by atoms with Crippen LogP contribution in [0.1, 0.15) is 16.1 Å². The van der Waals surface area contributed by atoms with E-state index in [0.29, 0.717) is 6.54 Å². The van der Waals surface area contributed by atoms with Crippen LogP contribution in [0.3, 0.4) is 0 Å². The zero-order chi connectivity index (χ0) is 14.4. The van der Waals surface area contributed by atoms with Gasteiger partial charge in [0.05, 0.1) is 13.1 Å². The molecule has 5 N–H and O–H groups in total. The highest BCUT2D eigenvalue weighted by atomic mass is 35.5. The van der Waals surface area contributed by atoms with Crippen LogP contribution in [-0.4, -0.2) is 29.3 Å². The Morgan fingerprint density at radius 2 is 2.10 bits per heavy atom. The lowest BCUT2D eigenvalue weighted by Crippen LogP contribution is -2.84. The molecule has 0 aliphatic heterocycles. The Morgan fingerprint density at radius 3 is 2.75 bits per heavy atom. The molecule has 2 aromatic rings. The quantitative estimate of drug-likeness (QED) is 0.639. The van der Waals surface area contributed by atoms with Crippen molar-refractivity contribution in [2.45, 2.75) is 6.54 Å². The second-order valence-corrected chi connectivity index (χ2v) is 4.60. The molecule has 1 amide bonds. The van der Waals surface area contributed by atoms with E-state index >= 15 is 0 Å². The van der Waals surface area contributed by atoms with Crippen molar-refractivity contribution in [2.75, 3.05) is 18.8 Å². The molecule has 0 bridgehead atoms. The number of carbonyl (C=O) groups excluding carboxylic acids is 1. The van der Waals surface area contributed by atoms with E-state index < -0.39 is 0 Å². The zero-order valence-corrected chi connectivity index (χ0v) is 11.4. The third-order valence-electron chi connectivity index (χ3n) is 2.66. The molecule has 0 unspecified atom stereocenters. The average molecular weight is 297 g/mol. The lowest BCUT2D eigenvalue weighted by atomic mass is 10.2. The van der Waals surface area contributed by atoms with Crippen LogP contribution in [0.25, 0.3) is 0 Å². The van der Waals surface area contributed by atoms with Gasteiger partial charge in [0.1, 0.15) is 6.54 Å². The summed E-state index contributed by atoms with van der Waals surface area (Å²) in [4.78, 5) is 11.6. The lowest BCUT2D eigenvalue weighted by Gasteiger charge is -2.03. The van der Waals surface area contributed by atoms with Crippen LogP contribution in [0, 0.1) is 0 Å². The van der Waals surface area contributed by atoms with E-state index in [1.54, 1.807) is 0 Å². The van der Waals surface area contributed by atoms with Crippen LogP contribution in [0.5, 0.6) is 0 Å². The van der Waals surface area contributed by atoms with E-state index in [-0.39, 0.29) is 17.4 Å². The Bertz CT molecular complexity index is 569. The second-order valence-electron chi connectivity index (χ2n) is 4.16. The molecule has 2 rings (SSSR count). The summed E-state index contributed by atoms with van der Waals surface area (Å²) in [6, 6.07) is 7.65. The summed E-state index contributed by atoms with van der Waals surface area (Å²) < 4.78 is 4.36. The van der Waals surface area contributed by atoms with Gasteiger partial charge in [0, 0.05) is 10.6 Å². The van der Waals surface area contributed by atoms with Crippen molar-refractivity contribution in [3.63, 3.8) is 0 Å². The van der Waals surface area contributed by atoms with Crippen LogP contribution in [0.2, 0.25) is 5.02 Å². The van der Waals surface area contributed by atoms with Gasteiger partial charge < -0.3 is 16.4 Å². The van der Waals surface area contributed by atoms with Crippen molar-refractivity contribution in [2.24, 2.45) is 0 Å². The molecule has 0 atom stereocenters. The number of hydrogen-bond acceptors (Lipinski definition) is 5. The first-order valence-electron chi connectivity index (χ1n) is 6.09. The first-order valence-corrected chi connectivity index (χ1v) is 6.47. The zero-order valence-electron chi connectivity index (χ0n) is 10.7. The number of amides is 1. The number of nitrogens with zero attached hydrogens (tertiary/aromatic N) is 2. The van der Waals surface area contributed by atoms with E-state index in [4.69, 9.17) is 17.3 Å². The number of rotatable bonds is 6. The predicted molar refractivity (Wildman–Crippen MR) is 73.0 cm³/mol. The van der Waals surface area contributed by atoms with Crippen LogP contribution in [0.15, 0.2) is 28.9 Å². The van der Waals surface area contributed by atoms with Crippen LogP contribution < -0.4 is 16.4 Å². The largest absolute Gasteiger partial charge is 0.379 e. The van der Waals surface area contributed by atoms with E-state index in [2.05, 4.69) is 25.6 Å². The van der Waals surface area contributed by atoms with E-state index in [1.165, 1.54) is 5.56 Å². The van der Waals surface area contributed by atoms with E-state index in [0.717, 1.165) is 18.1 Å². The minimum absolute atomic E-state index is 0.00681. The summed E-state index contributed by atoms with van der Waals surface area (Å²) in [5.74, 6) is -0.392. The minimum atomic E-state index is -0.386. The number of benzene rings is 1. The van der Waals surface area contributed by atoms with Crippen molar-refractivity contribution in [1.29, 1.82) is 0 Å². The molecule has 1 aromatic heterocycles. The third-order valence-corrected chi connectivity index (χ3v) is 2.91. The van der Waals surface area contributed by atoms with Crippen LogP contribution >= 0.6 is 11.6 Å². The lowest BCUT2D eigenvalue weighted by molar-refractivity contribution is -0.668. The first kappa shape index (κ1) is 14.3. The fourth-order valence-corrected chi connectivity index (χ4v) is 1.74. The molecule has 1 heterocycles. The van der Waals surface area contributed by atoms with Gasteiger partial charge >= 0.3 is 0 Å². The fourth-order valence-electron chi connectivity index (χ4n) is 1.61. The molecule has 0 saturated heterocycles. The van der Waals surface area contributed by atoms with Crippen LogP contribution in [-0.2, 0) is 6.54 Å². The standard InChI is InChI=1S/C12H14ClN5O2/c13-9-3-1-8(2-4-9)7-15-5-6-16-12(19)10-11(14)18-20-17-10/h1-4,15H,5-7H2,(H2,14,18)(H,16,19)/p+1. The molecule has 20 heavy (non-hydrogen) atoms. The maximum absolute atomic E-state index is 11.6. The molecule has 1 aromatic carbocycles. The molecule has 0 aliphatic carbocycles. The molecule has 0 radical (unpaired) electrons. The molecule has 0 saturated carbocycles. The molecule has 8 heteroatoms. The topological polar surface area (TPSA) is 111 Å². The minimum Gasteiger partial charge on any atom is -0.379 e. The summed E-state index contributed by atoms with van der Waals surface area (Å²) >= 11 is 5.81. The highest BCUT2D eigenvalue weighted by Crippen LogP contribution is 2.08. The number of carbonyl (C=O) groups is 1. The smallest absolute Gasteiger partial charge is 0.277 e. The SMILES string of the molecule is Nc1nonc1C(=O)NCC[NH2+]Cc1ccc(Cl)cc1. The van der Waals surface area contributed by atoms with Crippen molar-refractivity contribution < 1.29 is 14.7 Å². The van der Waals surface area contributed by atoms with Crippen molar-refractivity contribution in [3.05, 3.63) is 40.5 Å². The van der Waals surface area contributed by atoms with Crippen molar-refractivity contribution in [1.82, 2.24) is 15.6 Å². The molecular weight excluding hydrogens is 282 g/mol. The molecule has 7 nitrogen and oxygen atoms in total. The van der Waals surface area contributed by atoms with Gasteiger partial charge in [-0.2, -0.15) is 0 Å². The number of nitrogen functional groups attached to an aromatic ring is 1. The van der Waals surface area contributed by atoms with Crippen molar-refractivity contribution in [3.8, 4) is 0 Å². The van der Waals surface area contributed by atoms with Gasteiger partial charge in [-0.3, -0.25) is 4.79 Å². The Balaban J connectivity index is 1.66. The molecule has 106 valence electrons. The number of nitrogens with two attached hydrogens (primary N) is 2. The van der Waals surface area contributed by atoms with Gasteiger partial charge in [0.2, 0.25) is 11.5 Å². The Labute approximate surface area is 120 Å². The summed E-state index contributed by atoms with van der Waals surface area (Å²) in [7, 11) is 0. The van der Waals surface area contributed by atoms with Crippen molar-refractivity contribution >= 4 is 23.3 Å². The summed E-state index contributed by atoms with van der Waals surface area (Å²) in [5, 5.41) is 12.3.